The van der Waals surface area contributed by atoms with Gasteiger partial charge in [0.25, 0.3) is 0 Å². The van der Waals surface area contributed by atoms with Gasteiger partial charge in [0.1, 0.15) is 18.5 Å². The average Bonchev–Trinajstić information content (AvgIpc) is 2.68. The van der Waals surface area contributed by atoms with Crippen LogP contribution in [0.1, 0.15) is 19.4 Å². The molecule has 0 spiro atoms. The van der Waals surface area contributed by atoms with Crippen LogP contribution in [0.4, 0.5) is 5.69 Å². The van der Waals surface area contributed by atoms with E-state index in [4.69, 9.17) is 9.47 Å². The van der Waals surface area contributed by atoms with Crippen LogP contribution in [0.15, 0.2) is 54.6 Å². The Morgan fingerprint density at radius 1 is 1.10 bits per heavy atom. The molecule has 0 aliphatic carbocycles. The maximum atomic E-state index is 11.9. The topological polar surface area (TPSA) is 88.1 Å². The highest BCUT2D eigenvalue weighted by Gasteiger charge is 2.17. The van der Waals surface area contributed by atoms with E-state index in [0.717, 1.165) is 5.56 Å². The summed E-state index contributed by atoms with van der Waals surface area (Å²) in [4.78, 5) is 24.8. The summed E-state index contributed by atoms with van der Waals surface area (Å²) in [7, 11) is 0. The lowest BCUT2D eigenvalue weighted by Crippen LogP contribution is -2.38. The number of aliphatic hydroxyl groups is 1. The number of aliphatic hydroxyl groups excluding tert-OH is 1. The number of hydrogen-bond donors (Lipinski definition) is 2. The molecule has 0 bridgehead atoms. The predicted molar refractivity (Wildman–Crippen MR) is 111 cm³/mol. The maximum Gasteiger partial charge on any atom is 0.320 e. The van der Waals surface area contributed by atoms with Gasteiger partial charge in [0.2, 0.25) is 5.91 Å². The van der Waals surface area contributed by atoms with E-state index in [1.807, 2.05) is 35.2 Å². The van der Waals surface area contributed by atoms with Crippen molar-refractivity contribution in [1.82, 2.24) is 4.90 Å². The number of benzene rings is 2. The minimum Gasteiger partial charge on any atom is -0.491 e. The van der Waals surface area contributed by atoms with E-state index < -0.39 is 6.10 Å². The lowest BCUT2D eigenvalue weighted by Gasteiger charge is -2.24. The van der Waals surface area contributed by atoms with E-state index in [-0.39, 0.29) is 31.6 Å². The number of anilines is 1. The molecule has 2 rings (SSSR count). The van der Waals surface area contributed by atoms with Crippen molar-refractivity contribution in [2.75, 3.05) is 31.6 Å². The summed E-state index contributed by atoms with van der Waals surface area (Å²) in [6, 6.07) is 16.6. The fourth-order valence-corrected chi connectivity index (χ4v) is 2.80. The van der Waals surface area contributed by atoms with E-state index in [1.54, 1.807) is 31.2 Å². The van der Waals surface area contributed by atoms with Crippen LogP contribution < -0.4 is 10.1 Å². The fraction of sp³-hybridized carbons (Fsp3) is 0.364. The molecule has 1 amide bonds. The Bertz CT molecular complexity index is 765. The van der Waals surface area contributed by atoms with Crippen LogP contribution in [-0.4, -0.2) is 54.3 Å². The average molecular weight is 400 g/mol. The zero-order valence-electron chi connectivity index (χ0n) is 16.8. The Kier molecular flexibility index (Phi) is 9.14. The van der Waals surface area contributed by atoms with Crippen LogP contribution in [0.25, 0.3) is 0 Å². The van der Waals surface area contributed by atoms with Crippen molar-refractivity contribution < 1.29 is 24.2 Å². The molecule has 0 aliphatic rings. The largest absolute Gasteiger partial charge is 0.491 e. The SMILES string of the molecule is CCOC(=O)CN(Cc1ccccc1)CC(O)COc1ccc(NC(C)=O)cc1. The number of nitrogens with one attached hydrogen (secondary N) is 1. The molecule has 7 heteroatoms. The van der Waals surface area contributed by atoms with Gasteiger partial charge in [-0.2, -0.15) is 0 Å². The zero-order chi connectivity index (χ0) is 21.1. The van der Waals surface area contributed by atoms with E-state index >= 15 is 0 Å². The molecular formula is C22H28N2O5. The number of amides is 1. The molecule has 156 valence electrons. The van der Waals surface area contributed by atoms with Gasteiger partial charge in [-0.25, -0.2) is 0 Å². The second kappa shape index (κ2) is 11.8. The van der Waals surface area contributed by atoms with Gasteiger partial charge in [0.15, 0.2) is 0 Å². The molecule has 2 N–H and O–H groups in total. The van der Waals surface area contributed by atoms with Gasteiger partial charge in [0.05, 0.1) is 13.2 Å². The van der Waals surface area contributed by atoms with Gasteiger partial charge < -0.3 is 19.9 Å². The summed E-state index contributed by atoms with van der Waals surface area (Å²) in [6.45, 7) is 4.47. The number of hydrogen-bond acceptors (Lipinski definition) is 6. The second-order valence-electron chi connectivity index (χ2n) is 6.63. The van der Waals surface area contributed by atoms with Gasteiger partial charge in [-0.05, 0) is 36.8 Å². The van der Waals surface area contributed by atoms with Gasteiger partial charge in [-0.1, -0.05) is 30.3 Å². The quantitative estimate of drug-likeness (QED) is 0.564. The number of rotatable bonds is 11. The first-order chi connectivity index (χ1) is 14.0. The minimum atomic E-state index is -0.789. The highest BCUT2D eigenvalue weighted by Crippen LogP contribution is 2.16. The monoisotopic (exact) mass is 400 g/mol. The Hall–Kier alpha value is -2.90. The maximum absolute atomic E-state index is 11.9. The lowest BCUT2D eigenvalue weighted by atomic mass is 10.2. The first-order valence-corrected chi connectivity index (χ1v) is 9.56. The Morgan fingerprint density at radius 2 is 1.79 bits per heavy atom. The summed E-state index contributed by atoms with van der Waals surface area (Å²) >= 11 is 0. The van der Waals surface area contributed by atoms with E-state index in [2.05, 4.69) is 5.32 Å². The van der Waals surface area contributed by atoms with Gasteiger partial charge >= 0.3 is 5.97 Å². The van der Waals surface area contributed by atoms with Crippen LogP contribution in [0.3, 0.4) is 0 Å². The number of nitrogens with zero attached hydrogens (tertiary/aromatic N) is 1. The molecule has 0 aromatic heterocycles. The standard InChI is InChI=1S/C22H28N2O5/c1-3-28-22(27)15-24(13-18-7-5-4-6-8-18)14-20(26)16-29-21-11-9-19(10-12-21)23-17(2)25/h4-12,20,26H,3,13-16H2,1-2H3,(H,23,25). The third kappa shape index (κ3) is 8.76. The van der Waals surface area contributed by atoms with Crippen LogP contribution >= 0.6 is 0 Å². The van der Waals surface area contributed by atoms with E-state index in [0.29, 0.717) is 24.6 Å². The van der Waals surface area contributed by atoms with Crippen LogP contribution in [0.2, 0.25) is 0 Å². The molecule has 1 unspecified atom stereocenters. The molecule has 0 radical (unpaired) electrons. The Balaban J connectivity index is 1.89. The van der Waals surface area contributed by atoms with Crippen molar-refractivity contribution in [2.45, 2.75) is 26.5 Å². The molecule has 0 aliphatic heterocycles. The number of ether oxygens (including phenoxy) is 2. The highest BCUT2D eigenvalue weighted by atomic mass is 16.5. The summed E-state index contributed by atoms with van der Waals surface area (Å²) < 4.78 is 10.7. The summed E-state index contributed by atoms with van der Waals surface area (Å²) in [5.74, 6) is 0.109. The first kappa shape index (κ1) is 22.4. The Labute approximate surface area is 171 Å². The zero-order valence-corrected chi connectivity index (χ0v) is 16.8. The first-order valence-electron chi connectivity index (χ1n) is 9.56. The van der Waals surface area contributed by atoms with Crippen molar-refractivity contribution in [3.05, 3.63) is 60.2 Å². The molecule has 29 heavy (non-hydrogen) atoms. The van der Waals surface area contributed by atoms with Crippen molar-refractivity contribution in [3.63, 3.8) is 0 Å². The smallest absolute Gasteiger partial charge is 0.320 e. The molecule has 0 saturated heterocycles. The van der Waals surface area contributed by atoms with Crippen LogP contribution in [-0.2, 0) is 20.9 Å². The highest BCUT2D eigenvalue weighted by molar-refractivity contribution is 5.88. The third-order valence-corrected chi connectivity index (χ3v) is 3.99. The second-order valence-corrected chi connectivity index (χ2v) is 6.63. The van der Waals surface area contributed by atoms with E-state index in [1.165, 1.54) is 6.92 Å². The summed E-state index contributed by atoms with van der Waals surface area (Å²) in [5.41, 5.74) is 1.72. The lowest BCUT2D eigenvalue weighted by molar-refractivity contribution is -0.145. The van der Waals surface area contributed by atoms with E-state index in [9.17, 15) is 14.7 Å². The molecule has 0 fully saturated rings. The summed E-state index contributed by atoms with van der Waals surface area (Å²) in [6.07, 6.45) is -0.789. The molecule has 2 aromatic rings. The molecule has 7 nitrogen and oxygen atoms in total. The molecular weight excluding hydrogens is 372 g/mol. The molecule has 1 atom stereocenters. The normalized spacial score (nSPS) is 11.7. The Morgan fingerprint density at radius 3 is 2.41 bits per heavy atom. The van der Waals surface area contributed by atoms with Gasteiger partial charge in [0, 0.05) is 25.7 Å². The van der Waals surface area contributed by atoms with Crippen molar-refractivity contribution in [2.24, 2.45) is 0 Å². The third-order valence-electron chi connectivity index (χ3n) is 3.99. The van der Waals surface area contributed by atoms with Gasteiger partial charge in [-0.15, -0.1) is 0 Å². The van der Waals surface area contributed by atoms with Crippen molar-refractivity contribution in [1.29, 1.82) is 0 Å². The fourth-order valence-electron chi connectivity index (χ4n) is 2.80. The molecule has 0 saturated carbocycles. The number of carbonyl (C=O) groups is 2. The van der Waals surface area contributed by atoms with Crippen LogP contribution in [0, 0.1) is 0 Å². The van der Waals surface area contributed by atoms with Crippen molar-refractivity contribution >= 4 is 17.6 Å². The molecule has 0 heterocycles. The number of esters is 1. The van der Waals surface area contributed by atoms with Crippen molar-refractivity contribution in [3.8, 4) is 5.75 Å². The van der Waals surface area contributed by atoms with Crippen LogP contribution in [0.5, 0.6) is 5.75 Å². The predicted octanol–water partition coefficient (Wildman–Crippen LogP) is 2.45. The summed E-state index contributed by atoms with van der Waals surface area (Å²) in [5, 5.41) is 13.1. The van der Waals surface area contributed by atoms with Gasteiger partial charge in [-0.3, -0.25) is 14.5 Å². The molecule has 2 aromatic carbocycles. The number of carbonyl (C=O) groups excluding carboxylic acids is 2. The minimum absolute atomic E-state index is 0.0770.